The second-order valence-electron chi connectivity index (χ2n) is 4.83. The van der Waals surface area contributed by atoms with Gasteiger partial charge in [0.1, 0.15) is 0 Å². The average Bonchev–Trinajstić information content (AvgIpc) is 2.78. The fraction of sp³-hybridized carbons (Fsp3) is 0.538. The van der Waals surface area contributed by atoms with Gasteiger partial charge in [0.15, 0.2) is 0 Å². The van der Waals surface area contributed by atoms with Crippen molar-refractivity contribution in [3.05, 3.63) is 33.8 Å². The molecule has 1 aliphatic heterocycles. The third kappa shape index (κ3) is 3.16. The second kappa shape index (κ2) is 6.22. The molecule has 100 valence electrons. The highest BCUT2D eigenvalue weighted by atomic mass is 35.5. The van der Waals surface area contributed by atoms with Crippen LogP contribution in [0.5, 0.6) is 0 Å². The van der Waals surface area contributed by atoms with Crippen molar-refractivity contribution in [1.82, 2.24) is 5.43 Å². The van der Waals surface area contributed by atoms with Crippen molar-refractivity contribution in [2.75, 3.05) is 6.61 Å². The number of hydrogen-bond acceptors (Lipinski definition) is 3. The molecule has 1 saturated heterocycles. The molecular weight excluding hydrogens is 271 g/mol. The predicted octanol–water partition coefficient (Wildman–Crippen LogP) is 2.79. The Balaban J connectivity index is 2.08. The zero-order valence-corrected chi connectivity index (χ0v) is 11.8. The SMILES string of the molecule is CC1CC(C(Cc2cccc(Cl)c2Cl)NN)CO1. The Hall–Kier alpha value is -0.320. The molecular formula is C13H18Cl2N2O. The van der Waals surface area contributed by atoms with Crippen molar-refractivity contribution in [2.24, 2.45) is 11.8 Å². The smallest absolute Gasteiger partial charge is 0.0624 e. The molecule has 18 heavy (non-hydrogen) atoms. The van der Waals surface area contributed by atoms with Crippen molar-refractivity contribution in [2.45, 2.75) is 31.9 Å². The molecule has 0 bridgehead atoms. The van der Waals surface area contributed by atoms with E-state index < -0.39 is 0 Å². The molecule has 3 N–H and O–H groups in total. The second-order valence-corrected chi connectivity index (χ2v) is 5.62. The van der Waals surface area contributed by atoms with Crippen LogP contribution in [-0.4, -0.2) is 18.8 Å². The first-order valence-corrected chi connectivity index (χ1v) is 6.88. The summed E-state index contributed by atoms with van der Waals surface area (Å²) in [7, 11) is 0. The molecule has 5 heteroatoms. The van der Waals surface area contributed by atoms with Gasteiger partial charge in [0.25, 0.3) is 0 Å². The van der Waals surface area contributed by atoms with Crippen molar-refractivity contribution in [3.8, 4) is 0 Å². The molecule has 0 radical (unpaired) electrons. The molecule has 1 aromatic rings. The minimum atomic E-state index is 0.158. The first-order chi connectivity index (χ1) is 8.61. The lowest BCUT2D eigenvalue weighted by Gasteiger charge is -2.22. The fourth-order valence-electron chi connectivity index (χ4n) is 2.44. The summed E-state index contributed by atoms with van der Waals surface area (Å²) in [6.07, 6.45) is 2.09. The molecule has 1 fully saturated rings. The summed E-state index contributed by atoms with van der Waals surface area (Å²) in [5, 5.41) is 1.20. The monoisotopic (exact) mass is 288 g/mol. The molecule has 0 spiro atoms. The molecule has 3 unspecified atom stereocenters. The summed E-state index contributed by atoms with van der Waals surface area (Å²) in [5.41, 5.74) is 3.90. The van der Waals surface area contributed by atoms with Crippen LogP contribution in [0.2, 0.25) is 10.0 Å². The number of nitrogens with two attached hydrogens (primary N) is 1. The van der Waals surface area contributed by atoms with Crippen LogP contribution in [0, 0.1) is 5.92 Å². The van der Waals surface area contributed by atoms with E-state index >= 15 is 0 Å². The van der Waals surface area contributed by atoms with Crippen molar-refractivity contribution in [1.29, 1.82) is 0 Å². The molecule has 1 heterocycles. The summed E-state index contributed by atoms with van der Waals surface area (Å²) in [6.45, 7) is 2.83. The van der Waals surface area contributed by atoms with E-state index in [0.717, 1.165) is 25.0 Å². The first-order valence-electron chi connectivity index (χ1n) is 6.12. The third-order valence-corrected chi connectivity index (χ3v) is 4.34. The van der Waals surface area contributed by atoms with Gasteiger partial charge in [-0.25, -0.2) is 0 Å². The van der Waals surface area contributed by atoms with Gasteiger partial charge < -0.3 is 4.74 Å². The highest BCUT2D eigenvalue weighted by Crippen LogP contribution is 2.29. The maximum Gasteiger partial charge on any atom is 0.0624 e. The van der Waals surface area contributed by atoms with Gasteiger partial charge in [0.2, 0.25) is 0 Å². The fourth-order valence-corrected chi connectivity index (χ4v) is 2.83. The van der Waals surface area contributed by atoms with Crippen LogP contribution in [0.1, 0.15) is 18.9 Å². The van der Waals surface area contributed by atoms with Gasteiger partial charge in [-0.3, -0.25) is 11.3 Å². The highest BCUT2D eigenvalue weighted by molar-refractivity contribution is 6.42. The van der Waals surface area contributed by atoms with Gasteiger partial charge in [-0.15, -0.1) is 0 Å². The summed E-state index contributed by atoms with van der Waals surface area (Å²) in [4.78, 5) is 0. The maximum absolute atomic E-state index is 6.20. The zero-order valence-electron chi connectivity index (χ0n) is 10.3. The Morgan fingerprint density at radius 3 is 2.89 bits per heavy atom. The zero-order chi connectivity index (χ0) is 13.1. The van der Waals surface area contributed by atoms with Gasteiger partial charge >= 0.3 is 0 Å². The number of hydrazine groups is 1. The molecule has 0 amide bonds. The van der Waals surface area contributed by atoms with E-state index in [1.54, 1.807) is 6.07 Å². The molecule has 2 rings (SSSR count). The lowest BCUT2D eigenvalue weighted by molar-refractivity contribution is 0.117. The van der Waals surface area contributed by atoms with Crippen LogP contribution in [0.15, 0.2) is 18.2 Å². The largest absolute Gasteiger partial charge is 0.378 e. The number of benzene rings is 1. The number of nitrogens with one attached hydrogen (secondary N) is 1. The minimum absolute atomic E-state index is 0.158. The molecule has 3 nitrogen and oxygen atoms in total. The van der Waals surface area contributed by atoms with E-state index in [0.29, 0.717) is 22.1 Å². The van der Waals surface area contributed by atoms with Crippen LogP contribution >= 0.6 is 23.2 Å². The van der Waals surface area contributed by atoms with Crippen molar-refractivity contribution >= 4 is 23.2 Å². The Bertz CT molecular complexity index is 414. The van der Waals surface area contributed by atoms with Crippen molar-refractivity contribution < 1.29 is 4.74 Å². The van der Waals surface area contributed by atoms with E-state index in [9.17, 15) is 0 Å². The third-order valence-electron chi connectivity index (χ3n) is 3.48. The normalized spacial score (nSPS) is 25.3. The van der Waals surface area contributed by atoms with E-state index in [4.69, 9.17) is 33.8 Å². The lowest BCUT2D eigenvalue weighted by atomic mass is 9.92. The van der Waals surface area contributed by atoms with E-state index in [1.165, 1.54) is 0 Å². The number of hydrogen-bond donors (Lipinski definition) is 2. The van der Waals surface area contributed by atoms with Crippen molar-refractivity contribution in [3.63, 3.8) is 0 Å². The van der Waals surface area contributed by atoms with Gasteiger partial charge in [0.05, 0.1) is 22.8 Å². The van der Waals surface area contributed by atoms with Crippen LogP contribution in [-0.2, 0) is 11.2 Å². The van der Waals surface area contributed by atoms with E-state index in [1.807, 2.05) is 12.1 Å². The molecule has 1 aliphatic rings. The average molecular weight is 289 g/mol. The van der Waals surface area contributed by atoms with Crippen LogP contribution in [0.25, 0.3) is 0 Å². The van der Waals surface area contributed by atoms with Crippen LogP contribution < -0.4 is 11.3 Å². The molecule has 0 saturated carbocycles. The Morgan fingerprint density at radius 1 is 1.50 bits per heavy atom. The van der Waals surface area contributed by atoms with Gasteiger partial charge in [-0.2, -0.15) is 0 Å². The van der Waals surface area contributed by atoms with Crippen LogP contribution in [0.4, 0.5) is 0 Å². The molecule has 0 aromatic heterocycles. The van der Waals surface area contributed by atoms with Gasteiger partial charge in [0, 0.05) is 12.0 Å². The topological polar surface area (TPSA) is 47.3 Å². The lowest BCUT2D eigenvalue weighted by Crippen LogP contribution is -2.42. The summed E-state index contributed by atoms with van der Waals surface area (Å²) < 4.78 is 5.59. The Labute approximate surface area is 118 Å². The Kier molecular flexibility index (Phi) is 4.87. The summed E-state index contributed by atoms with van der Waals surface area (Å²) in [5.74, 6) is 6.07. The van der Waals surface area contributed by atoms with Gasteiger partial charge in [-0.1, -0.05) is 35.3 Å². The number of rotatable bonds is 4. The van der Waals surface area contributed by atoms with Gasteiger partial charge in [-0.05, 0) is 31.4 Å². The maximum atomic E-state index is 6.20. The van der Waals surface area contributed by atoms with Crippen LogP contribution in [0.3, 0.4) is 0 Å². The number of halogens is 2. The highest BCUT2D eigenvalue weighted by Gasteiger charge is 2.29. The minimum Gasteiger partial charge on any atom is -0.378 e. The van der Waals surface area contributed by atoms with E-state index in [2.05, 4.69) is 12.3 Å². The Morgan fingerprint density at radius 2 is 2.28 bits per heavy atom. The first kappa shape index (κ1) is 14.1. The molecule has 0 aliphatic carbocycles. The quantitative estimate of drug-likeness (QED) is 0.662. The summed E-state index contributed by atoms with van der Waals surface area (Å²) >= 11 is 12.2. The summed E-state index contributed by atoms with van der Waals surface area (Å²) in [6, 6.07) is 5.84. The predicted molar refractivity (Wildman–Crippen MR) is 74.8 cm³/mol. The standard InChI is InChI=1S/C13H18Cl2N2O/c1-8-5-10(7-18-8)12(17-16)6-9-3-2-4-11(14)13(9)15/h2-4,8,10,12,17H,5-7,16H2,1H3. The molecule has 1 aromatic carbocycles. The van der Waals surface area contributed by atoms with E-state index in [-0.39, 0.29) is 6.04 Å². The molecule has 3 atom stereocenters. The number of ether oxygens (including phenoxy) is 1.